The molecule has 0 saturated carbocycles. The molecule has 0 radical (unpaired) electrons. The molecule has 0 aromatic heterocycles. The Morgan fingerprint density at radius 1 is 1.32 bits per heavy atom. The Balaban J connectivity index is 1.92. The summed E-state index contributed by atoms with van der Waals surface area (Å²) < 4.78 is 30.1. The molecule has 1 atom stereocenters. The van der Waals surface area contributed by atoms with E-state index in [1.807, 2.05) is 24.3 Å². The third-order valence-corrected chi connectivity index (χ3v) is 5.31. The van der Waals surface area contributed by atoms with Crippen molar-refractivity contribution in [3.8, 4) is 0 Å². The standard InChI is InChI=1S/C17H27N3O4S/c1-17(2,3)14-7-5-6-8-15(14)19-16(21)18-11-13-12-20(9-10-24-13)25(4,22)23/h5-8,13H,9-12H2,1-4H3,(H2,18,19,21)/t13-/m1/s1. The van der Waals surface area contributed by atoms with Gasteiger partial charge < -0.3 is 15.4 Å². The number of nitrogens with one attached hydrogen (secondary N) is 2. The van der Waals surface area contributed by atoms with Crippen LogP contribution in [-0.2, 0) is 20.2 Å². The van der Waals surface area contributed by atoms with Crippen LogP contribution in [-0.4, -0.2) is 57.4 Å². The van der Waals surface area contributed by atoms with E-state index in [1.54, 1.807) is 0 Å². The van der Waals surface area contributed by atoms with Crippen LogP contribution in [0.1, 0.15) is 26.3 Å². The van der Waals surface area contributed by atoms with E-state index in [1.165, 1.54) is 10.6 Å². The Hall–Kier alpha value is -1.64. The number of hydrogen-bond donors (Lipinski definition) is 2. The van der Waals surface area contributed by atoms with Crippen LogP contribution in [0.3, 0.4) is 0 Å². The molecule has 140 valence electrons. The molecule has 7 nitrogen and oxygen atoms in total. The van der Waals surface area contributed by atoms with Crippen LogP contribution in [0.4, 0.5) is 10.5 Å². The van der Waals surface area contributed by atoms with Crippen molar-refractivity contribution >= 4 is 21.7 Å². The molecule has 1 aliphatic heterocycles. The monoisotopic (exact) mass is 369 g/mol. The largest absolute Gasteiger partial charge is 0.374 e. The zero-order chi connectivity index (χ0) is 18.7. The first-order valence-electron chi connectivity index (χ1n) is 8.28. The molecule has 2 amide bonds. The van der Waals surface area contributed by atoms with Crippen molar-refractivity contribution in [2.45, 2.75) is 32.3 Å². The highest BCUT2D eigenvalue weighted by Crippen LogP contribution is 2.29. The van der Waals surface area contributed by atoms with Gasteiger partial charge in [0.25, 0.3) is 0 Å². The van der Waals surface area contributed by atoms with E-state index in [2.05, 4.69) is 31.4 Å². The van der Waals surface area contributed by atoms with Crippen molar-refractivity contribution in [1.29, 1.82) is 0 Å². The highest BCUT2D eigenvalue weighted by molar-refractivity contribution is 7.88. The fourth-order valence-corrected chi connectivity index (χ4v) is 3.58. The number of ether oxygens (including phenoxy) is 1. The van der Waals surface area contributed by atoms with Gasteiger partial charge in [-0.15, -0.1) is 0 Å². The number of sulfonamides is 1. The number of rotatable bonds is 4. The average Bonchev–Trinajstić information content (AvgIpc) is 2.52. The lowest BCUT2D eigenvalue weighted by Crippen LogP contribution is -2.49. The summed E-state index contributed by atoms with van der Waals surface area (Å²) in [7, 11) is -3.24. The smallest absolute Gasteiger partial charge is 0.319 e. The van der Waals surface area contributed by atoms with Crippen LogP contribution in [0, 0.1) is 0 Å². The van der Waals surface area contributed by atoms with Gasteiger partial charge in [0.15, 0.2) is 0 Å². The normalized spacial score (nSPS) is 19.4. The Labute approximate surface area is 149 Å². The predicted octanol–water partition coefficient (Wildman–Crippen LogP) is 1.77. The molecule has 0 spiro atoms. The van der Waals surface area contributed by atoms with E-state index < -0.39 is 10.0 Å². The van der Waals surface area contributed by atoms with Gasteiger partial charge in [-0.2, -0.15) is 4.31 Å². The number of morpholine rings is 1. The number of anilines is 1. The minimum atomic E-state index is -3.24. The van der Waals surface area contributed by atoms with Crippen molar-refractivity contribution < 1.29 is 17.9 Å². The lowest BCUT2D eigenvalue weighted by molar-refractivity contribution is 0.00167. The topological polar surface area (TPSA) is 87.7 Å². The molecule has 2 N–H and O–H groups in total. The summed E-state index contributed by atoms with van der Waals surface area (Å²) in [5.74, 6) is 0. The molecule has 1 heterocycles. The molecule has 1 aromatic carbocycles. The predicted molar refractivity (Wildman–Crippen MR) is 98.3 cm³/mol. The maximum atomic E-state index is 12.2. The summed E-state index contributed by atoms with van der Waals surface area (Å²) in [5, 5.41) is 5.62. The molecule has 0 aliphatic carbocycles. The van der Waals surface area contributed by atoms with E-state index >= 15 is 0 Å². The second-order valence-corrected chi connectivity index (χ2v) is 9.23. The van der Waals surface area contributed by atoms with Crippen molar-refractivity contribution in [3.05, 3.63) is 29.8 Å². The van der Waals surface area contributed by atoms with Crippen LogP contribution in [0.5, 0.6) is 0 Å². The first-order chi connectivity index (χ1) is 11.6. The van der Waals surface area contributed by atoms with Crippen LogP contribution < -0.4 is 10.6 Å². The van der Waals surface area contributed by atoms with Gasteiger partial charge in [0.2, 0.25) is 10.0 Å². The van der Waals surface area contributed by atoms with Crippen molar-refractivity contribution in [2.75, 3.05) is 37.8 Å². The van der Waals surface area contributed by atoms with Gasteiger partial charge in [-0.1, -0.05) is 39.0 Å². The molecule has 1 saturated heterocycles. The van der Waals surface area contributed by atoms with Crippen LogP contribution in [0.2, 0.25) is 0 Å². The number of hydrogen-bond acceptors (Lipinski definition) is 4. The number of benzene rings is 1. The molecule has 25 heavy (non-hydrogen) atoms. The Bertz CT molecular complexity index is 713. The molecule has 0 unspecified atom stereocenters. The van der Waals surface area contributed by atoms with Gasteiger partial charge in [0.05, 0.1) is 19.0 Å². The lowest BCUT2D eigenvalue weighted by Gasteiger charge is -2.31. The van der Waals surface area contributed by atoms with Crippen molar-refractivity contribution in [1.82, 2.24) is 9.62 Å². The molecule has 8 heteroatoms. The zero-order valence-electron chi connectivity index (χ0n) is 15.2. The van der Waals surface area contributed by atoms with Gasteiger partial charge in [-0.25, -0.2) is 13.2 Å². The first kappa shape index (κ1) is 19.7. The molecular weight excluding hydrogens is 342 g/mol. The number of carbonyl (C=O) groups excluding carboxylic acids is 1. The fourth-order valence-electron chi connectivity index (χ4n) is 2.74. The number of amides is 2. The quantitative estimate of drug-likeness (QED) is 0.847. The number of carbonyl (C=O) groups is 1. The van der Waals surface area contributed by atoms with E-state index in [-0.39, 0.29) is 30.6 Å². The highest BCUT2D eigenvalue weighted by Gasteiger charge is 2.27. The lowest BCUT2D eigenvalue weighted by atomic mass is 9.86. The van der Waals surface area contributed by atoms with E-state index in [0.29, 0.717) is 13.2 Å². The summed E-state index contributed by atoms with van der Waals surface area (Å²) in [4.78, 5) is 12.2. The molecule has 1 fully saturated rings. The van der Waals surface area contributed by atoms with Gasteiger partial charge >= 0.3 is 6.03 Å². The zero-order valence-corrected chi connectivity index (χ0v) is 16.0. The average molecular weight is 369 g/mol. The Morgan fingerprint density at radius 2 is 2.00 bits per heavy atom. The Kier molecular flexibility index (Phi) is 6.08. The molecule has 1 aliphatic rings. The third kappa shape index (κ3) is 5.69. The van der Waals surface area contributed by atoms with Crippen molar-refractivity contribution in [3.63, 3.8) is 0 Å². The van der Waals surface area contributed by atoms with Crippen LogP contribution in [0.15, 0.2) is 24.3 Å². The Morgan fingerprint density at radius 3 is 2.64 bits per heavy atom. The number of urea groups is 1. The maximum Gasteiger partial charge on any atom is 0.319 e. The first-order valence-corrected chi connectivity index (χ1v) is 10.1. The summed E-state index contributed by atoms with van der Waals surface area (Å²) >= 11 is 0. The summed E-state index contributed by atoms with van der Waals surface area (Å²) in [6.07, 6.45) is 0.825. The van der Waals surface area contributed by atoms with Gasteiger partial charge in [0, 0.05) is 25.3 Å². The van der Waals surface area contributed by atoms with Gasteiger partial charge in [0.1, 0.15) is 0 Å². The van der Waals surface area contributed by atoms with Crippen molar-refractivity contribution in [2.24, 2.45) is 0 Å². The number of para-hydroxylation sites is 1. The highest BCUT2D eigenvalue weighted by atomic mass is 32.2. The third-order valence-electron chi connectivity index (χ3n) is 4.04. The van der Waals surface area contributed by atoms with Crippen LogP contribution >= 0.6 is 0 Å². The van der Waals surface area contributed by atoms with Gasteiger partial charge in [-0.05, 0) is 17.0 Å². The summed E-state index contributed by atoms with van der Waals surface area (Å²) in [5.41, 5.74) is 1.71. The SMILES string of the molecule is CC(C)(C)c1ccccc1NC(=O)NC[C@@H]1CN(S(C)(=O)=O)CCO1. The van der Waals surface area contributed by atoms with E-state index in [9.17, 15) is 13.2 Å². The molecule has 2 rings (SSSR count). The minimum absolute atomic E-state index is 0.0909. The molecule has 1 aromatic rings. The van der Waals surface area contributed by atoms with E-state index in [4.69, 9.17) is 4.74 Å². The second kappa shape index (κ2) is 7.72. The second-order valence-electron chi connectivity index (χ2n) is 7.24. The van der Waals surface area contributed by atoms with Crippen LogP contribution in [0.25, 0.3) is 0 Å². The number of nitrogens with zero attached hydrogens (tertiary/aromatic N) is 1. The maximum absolute atomic E-state index is 12.2. The summed E-state index contributed by atoms with van der Waals surface area (Å²) in [6.45, 7) is 7.42. The molecular formula is C17H27N3O4S. The summed E-state index contributed by atoms with van der Waals surface area (Å²) in [6, 6.07) is 7.34. The van der Waals surface area contributed by atoms with Gasteiger partial charge in [-0.3, -0.25) is 0 Å². The fraction of sp³-hybridized carbons (Fsp3) is 0.588. The molecule has 0 bridgehead atoms. The van der Waals surface area contributed by atoms with E-state index in [0.717, 1.165) is 11.3 Å². The minimum Gasteiger partial charge on any atom is -0.374 e.